The Morgan fingerprint density at radius 2 is 1.63 bits per heavy atom. The first-order valence-corrected chi connectivity index (χ1v) is 9.21. The van der Waals surface area contributed by atoms with Gasteiger partial charge < -0.3 is 25.2 Å². The van der Waals surface area contributed by atoms with Gasteiger partial charge in [-0.25, -0.2) is 14.4 Å². The molecule has 1 saturated heterocycles. The van der Waals surface area contributed by atoms with Crippen LogP contribution in [0.2, 0.25) is 0 Å². The molecule has 0 aliphatic carbocycles. The van der Waals surface area contributed by atoms with Crippen molar-refractivity contribution < 1.29 is 29.0 Å². The number of hydrogen-bond acceptors (Lipinski definition) is 7. The zero-order chi connectivity index (χ0) is 22.1. The Morgan fingerprint density at radius 3 is 2.20 bits per heavy atom. The number of nitrogens with one attached hydrogen (secondary N) is 2. The van der Waals surface area contributed by atoms with Gasteiger partial charge in [0.2, 0.25) is 0 Å². The number of benzene rings is 2. The number of carboxylic acid groups (broad SMARTS) is 1. The molecule has 1 aliphatic rings. The molecule has 1 aliphatic heterocycles. The number of cyclic esters (lactones) is 2. The van der Waals surface area contributed by atoms with E-state index < -0.39 is 23.7 Å². The van der Waals surface area contributed by atoms with Crippen LogP contribution in [-0.2, 0) is 19.1 Å². The maximum Gasteiger partial charge on any atom is 0.350 e. The lowest BCUT2D eigenvalue weighted by molar-refractivity contribution is -0.222. The SMILES string of the molecule is Cc1cc(C)cc(Nc2c(NC=C3C(=O)OC(C)(C)OC3=O)cccc2C(=O)O)c1. The second kappa shape index (κ2) is 7.90. The highest BCUT2D eigenvalue weighted by molar-refractivity contribution is 6.15. The fourth-order valence-corrected chi connectivity index (χ4v) is 3.11. The highest BCUT2D eigenvalue weighted by Gasteiger charge is 2.39. The van der Waals surface area contributed by atoms with Crippen molar-refractivity contribution in [1.82, 2.24) is 0 Å². The number of anilines is 3. The third-order valence-electron chi connectivity index (χ3n) is 4.27. The molecule has 0 aromatic heterocycles. The highest BCUT2D eigenvalue weighted by Crippen LogP contribution is 2.31. The third kappa shape index (κ3) is 4.60. The lowest BCUT2D eigenvalue weighted by Crippen LogP contribution is -2.42. The van der Waals surface area contributed by atoms with Crippen molar-refractivity contribution in [3.05, 3.63) is 64.9 Å². The van der Waals surface area contributed by atoms with Gasteiger partial charge in [0, 0.05) is 25.7 Å². The second-order valence-electron chi connectivity index (χ2n) is 7.42. The van der Waals surface area contributed by atoms with Gasteiger partial charge >= 0.3 is 17.9 Å². The quantitative estimate of drug-likeness (QED) is 0.387. The van der Waals surface area contributed by atoms with Gasteiger partial charge in [-0.1, -0.05) is 12.1 Å². The molecule has 8 nitrogen and oxygen atoms in total. The van der Waals surface area contributed by atoms with E-state index in [1.165, 1.54) is 19.9 Å². The smallest absolute Gasteiger partial charge is 0.350 e. The summed E-state index contributed by atoms with van der Waals surface area (Å²) in [5, 5.41) is 15.6. The zero-order valence-electron chi connectivity index (χ0n) is 17.0. The van der Waals surface area contributed by atoms with Crippen LogP contribution in [0.4, 0.5) is 17.1 Å². The molecule has 1 heterocycles. The Kier molecular flexibility index (Phi) is 5.51. The van der Waals surface area contributed by atoms with Crippen molar-refractivity contribution in [2.75, 3.05) is 10.6 Å². The van der Waals surface area contributed by atoms with Crippen LogP contribution >= 0.6 is 0 Å². The van der Waals surface area contributed by atoms with Crippen LogP contribution in [0, 0.1) is 13.8 Å². The molecule has 0 radical (unpaired) electrons. The minimum Gasteiger partial charge on any atom is -0.478 e. The van der Waals surface area contributed by atoms with Gasteiger partial charge in [0.15, 0.2) is 5.57 Å². The van der Waals surface area contributed by atoms with E-state index >= 15 is 0 Å². The van der Waals surface area contributed by atoms with Crippen molar-refractivity contribution in [2.45, 2.75) is 33.5 Å². The number of rotatable bonds is 5. The molecule has 0 atom stereocenters. The molecule has 3 rings (SSSR count). The van der Waals surface area contributed by atoms with Crippen LogP contribution in [0.25, 0.3) is 0 Å². The summed E-state index contributed by atoms with van der Waals surface area (Å²) in [5.41, 5.74) is 3.06. The molecule has 0 saturated carbocycles. The maximum absolute atomic E-state index is 12.1. The highest BCUT2D eigenvalue weighted by atomic mass is 16.7. The summed E-state index contributed by atoms with van der Waals surface area (Å²) >= 11 is 0. The minimum absolute atomic E-state index is 0.0208. The summed E-state index contributed by atoms with van der Waals surface area (Å²) < 4.78 is 10.1. The minimum atomic E-state index is -1.34. The number of ether oxygens (including phenoxy) is 2. The molecule has 156 valence electrons. The van der Waals surface area contributed by atoms with Crippen LogP contribution in [-0.4, -0.2) is 28.8 Å². The number of hydrogen-bond donors (Lipinski definition) is 3. The summed E-state index contributed by atoms with van der Waals surface area (Å²) in [7, 11) is 0. The molecule has 30 heavy (non-hydrogen) atoms. The molecule has 0 bridgehead atoms. The van der Waals surface area contributed by atoms with E-state index in [4.69, 9.17) is 9.47 Å². The van der Waals surface area contributed by atoms with E-state index in [9.17, 15) is 19.5 Å². The van der Waals surface area contributed by atoms with Crippen molar-refractivity contribution in [3.63, 3.8) is 0 Å². The number of esters is 2. The van der Waals surface area contributed by atoms with Crippen LogP contribution in [0.5, 0.6) is 0 Å². The van der Waals surface area contributed by atoms with Crippen molar-refractivity contribution in [2.24, 2.45) is 0 Å². The first-order valence-electron chi connectivity index (χ1n) is 9.21. The van der Waals surface area contributed by atoms with Crippen LogP contribution in [0.15, 0.2) is 48.2 Å². The van der Waals surface area contributed by atoms with Gasteiger partial charge in [-0.05, 0) is 49.2 Å². The van der Waals surface area contributed by atoms with Gasteiger partial charge in [-0.15, -0.1) is 0 Å². The molecular weight excluding hydrogens is 388 g/mol. The Labute approximate surface area is 173 Å². The van der Waals surface area contributed by atoms with E-state index in [1.807, 2.05) is 32.0 Å². The number of aryl methyl sites for hydroxylation is 2. The van der Waals surface area contributed by atoms with Gasteiger partial charge in [-0.2, -0.15) is 0 Å². The topological polar surface area (TPSA) is 114 Å². The van der Waals surface area contributed by atoms with Gasteiger partial charge in [0.05, 0.1) is 16.9 Å². The monoisotopic (exact) mass is 410 g/mol. The van der Waals surface area contributed by atoms with Gasteiger partial charge in [-0.3, -0.25) is 0 Å². The Morgan fingerprint density at radius 1 is 1.03 bits per heavy atom. The molecule has 3 N–H and O–H groups in total. The number of aromatic carboxylic acids is 1. The molecule has 0 amide bonds. The lowest BCUT2D eigenvalue weighted by atomic mass is 10.1. The first kappa shape index (κ1) is 20.9. The van der Waals surface area contributed by atoms with Crippen LogP contribution in [0.1, 0.15) is 35.3 Å². The summed E-state index contributed by atoms with van der Waals surface area (Å²) in [4.78, 5) is 36.0. The second-order valence-corrected chi connectivity index (χ2v) is 7.42. The number of para-hydroxylation sites is 1. The average molecular weight is 410 g/mol. The summed E-state index contributed by atoms with van der Waals surface area (Å²) in [6, 6.07) is 10.4. The van der Waals surface area contributed by atoms with E-state index in [-0.39, 0.29) is 16.8 Å². The Hall–Kier alpha value is -3.81. The number of carboxylic acids is 1. The normalized spacial score (nSPS) is 15.1. The van der Waals surface area contributed by atoms with Crippen molar-refractivity contribution >= 4 is 35.0 Å². The summed E-state index contributed by atoms with van der Waals surface area (Å²) in [5.74, 6) is -4.13. The van der Waals surface area contributed by atoms with Crippen LogP contribution < -0.4 is 10.6 Å². The molecule has 0 unspecified atom stereocenters. The molecule has 1 fully saturated rings. The summed E-state index contributed by atoms with van der Waals surface area (Å²) in [6.45, 7) is 6.78. The van der Waals surface area contributed by atoms with Crippen molar-refractivity contribution in [1.29, 1.82) is 0 Å². The molecule has 2 aromatic rings. The maximum atomic E-state index is 12.1. The van der Waals surface area contributed by atoms with Crippen LogP contribution in [0.3, 0.4) is 0 Å². The lowest BCUT2D eigenvalue weighted by Gasteiger charge is -2.29. The first-order chi connectivity index (χ1) is 14.1. The standard InChI is InChI=1S/C22H22N2O6/c1-12-8-13(2)10-14(9-12)24-18-15(19(25)26)6-5-7-17(18)23-11-16-20(27)29-22(3,4)30-21(16)28/h5-11,23-24H,1-4H3,(H,25,26). The molecule has 2 aromatic carbocycles. The Bertz CT molecular complexity index is 1030. The molecule has 8 heteroatoms. The van der Waals surface area contributed by atoms with E-state index in [1.54, 1.807) is 12.1 Å². The predicted octanol–water partition coefficient (Wildman–Crippen LogP) is 3.88. The third-order valence-corrected chi connectivity index (χ3v) is 4.27. The van der Waals surface area contributed by atoms with Gasteiger partial charge in [0.25, 0.3) is 5.79 Å². The number of carbonyl (C=O) groups excluding carboxylic acids is 2. The molecule has 0 spiro atoms. The van der Waals surface area contributed by atoms with E-state index in [2.05, 4.69) is 10.6 Å². The summed E-state index contributed by atoms with van der Waals surface area (Å²) in [6.07, 6.45) is 1.15. The largest absolute Gasteiger partial charge is 0.478 e. The van der Waals surface area contributed by atoms with E-state index in [0.717, 1.165) is 17.3 Å². The van der Waals surface area contributed by atoms with E-state index in [0.29, 0.717) is 11.4 Å². The Balaban J connectivity index is 1.97. The fourth-order valence-electron chi connectivity index (χ4n) is 3.11. The fraction of sp³-hybridized carbons (Fsp3) is 0.227. The average Bonchev–Trinajstić information content (AvgIpc) is 2.60. The predicted molar refractivity (Wildman–Crippen MR) is 111 cm³/mol. The number of carbonyl (C=O) groups is 3. The van der Waals surface area contributed by atoms with Gasteiger partial charge in [0.1, 0.15) is 0 Å². The van der Waals surface area contributed by atoms with Crippen molar-refractivity contribution in [3.8, 4) is 0 Å². The zero-order valence-corrected chi connectivity index (χ0v) is 17.0. The molecular formula is C22H22N2O6.